The molecule has 1 fully saturated rings. The lowest BCUT2D eigenvalue weighted by atomic mass is 9.86. The normalized spacial score (nSPS) is 16.4. The highest BCUT2D eigenvalue weighted by molar-refractivity contribution is 5.97. The van der Waals surface area contributed by atoms with Crippen molar-refractivity contribution in [1.82, 2.24) is 9.80 Å². The maximum atomic E-state index is 12.5. The molecule has 0 bridgehead atoms. The molecule has 2 amide bonds. The van der Waals surface area contributed by atoms with E-state index in [0.29, 0.717) is 18.7 Å². The summed E-state index contributed by atoms with van der Waals surface area (Å²) in [6.07, 6.45) is 0. The van der Waals surface area contributed by atoms with Crippen molar-refractivity contribution in [3.05, 3.63) is 35.4 Å². The third kappa shape index (κ3) is 3.49. The van der Waals surface area contributed by atoms with Gasteiger partial charge in [0.1, 0.15) is 6.54 Å². The number of nitrogens with zero attached hydrogens (tertiary/aromatic N) is 2. The molecule has 2 rings (SSSR count). The minimum absolute atomic E-state index is 0.0286. The first-order chi connectivity index (χ1) is 10.2. The van der Waals surface area contributed by atoms with Crippen LogP contribution in [0.15, 0.2) is 24.3 Å². The number of rotatable bonds is 2. The number of carbonyl (C=O) groups is 2. The summed E-state index contributed by atoms with van der Waals surface area (Å²) in [4.78, 5) is 28.1. The van der Waals surface area contributed by atoms with Crippen LogP contribution in [0.2, 0.25) is 0 Å². The Morgan fingerprint density at radius 3 is 2.14 bits per heavy atom. The van der Waals surface area contributed by atoms with E-state index in [1.165, 1.54) is 5.56 Å². The van der Waals surface area contributed by atoms with Crippen LogP contribution in [0.3, 0.4) is 0 Å². The predicted octanol–water partition coefficient (Wildman–Crippen LogP) is 2.68. The van der Waals surface area contributed by atoms with Gasteiger partial charge >= 0.3 is 0 Å². The molecule has 1 aliphatic heterocycles. The number of piperazine rings is 1. The van der Waals surface area contributed by atoms with Crippen molar-refractivity contribution in [1.29, 1.82) is 0 Å². The summed E-state index contributed by atoms with van der Waals surface area (Å²) in [6, 6.07) is 7.92. The zero-order valence-electron chi connectivity index (χ0n) is 14.2. The van der Waals surface area contributed by atoms with E-state index in [1.54, 1.807) is 4.90 Å². The van der Waals surface area contributed by atoms with Gasteiger partial charge in [0.25, 0.3) is 5.91 Å². The lowest BCUT2D eigenvalue weighted by Gasteiger charge is -2.36. The third-order valence-corrected chi connectivity index (χ3v) is 4.17. The minimum atomic E-state index is -0.0581. The van der Waals surface area contributed by atoms with Crippen molar-refractivity contribution in [2.24, 2.45) is 0 Å². The standard InChI is InChI=1S/C18H26N2O2/c1-13(2)20-11-10-19(12-16(20)21)17(22)14-6-8-15(9-7-14)18(3,4)5/h6-9,13H,10-12H2,1-5H3. The van der Waals surface area contributed by atoms with Crippen LogP contribution in [-0.2, 0) is 10.2 Å². The summed E-state index contributed by atoms with van der Waals surface area (Å²) < 4.78 is 0. The first-order valence-electron chi connectivity index (χ1n) is 7.89. The van der Waals surface area contributed by atoms with Crippen LogP contribution in [0.25, 0.3) is 0 Å². The van der Waals surface area contributed by atoms with Gasteiger partial charge in [-0.1, -0.05) is 32.9 Å². The van der Waals surface area contributed by atoms with Crippen molar-refractivity contribution < 1.29 is 9.59 Å². The number of benzene rings is 1. The summed E-state index contributed by atoms with van der Waals surface area (Å²) in [7, 11) is 0. The Balaban J connectivity index is 2.08. The molecule has 0 saturated carbocycles. The van der Waals surface area contributed by atoms with Crippen LogP contribution in [0.1, 0.15) is 50.5 Å². The summed E-state index contributed by atoms with van der Waals surface area (Å²) >= 11 is 0. The number of hydrogen-bond donors (Lipinski definition) is 0. The fourth-order valence-corrected chi connectivity index (χ4v) is 2.70. The van der Waals surface area contributed by atoms with Crippen LogP contribution in [-0.4, -0.2) is 47.3 Å². The molecule has 22 heavy (non-hydrogen) atoms. The van der Waals surface area contributed by atoms with E-state index in [1.807, 2.05) is 43.0 Å². The quantitative estimate of drug-likeness (QED) is 0.843. The van der Waals surface area contributed by atoms with Crippen LogP contribution in [0, 0.1) is 0 Å². The van der Waals surface area contributed by atoms with Gasteiger partial charge in [-0.2, -0.15) is 0 Å². The lowest BCUT2D eigenvalue weighted by molar-refractivity contribution is -0.136. The minimum Gasteiger partial charge on any atom is -0.337 e. The Hall–Kier alpha value is -1.84. The van der Waals surface area contributed by atoms with Crippen molar-refractivity contribution in [3.63, 3.8) is 0 Å². The highest BCUT2D eigenvalue weighted by atomic mass is 16.2. The zero-order valence-corrected chi connectivity index (χ0v) is 14.2. The highest BCUT2D eigenvalue weighted by Crippen LogP contribution is 2.22. The van der Waals surface area contributed by atoms with Gasteiger partial charge in [0.05, 0.1) is 0 Å². The van der Waals surface area contributed by atoms with E-state index in [9.17, 15) is 9.59 Å². The molecule has 1 aromatic rings. The summed E-state index contributed by atoms with van der Waals surface area (Å²) in [5, 5.41) is 0. The van der Waals surface area contributed by atoms with Gasteiger partial charge in [0.2, 0.25) is 5.91 Å². The fourth-order valence-electron chi connectivity index (χ4n) is 2.70. The Labute approximate surface area is 133 Å². The molecule has 1 aliphatic rings. The van der Waals surface area contributed by atoms with E-state index < -0.39 is 0 Å². The molecule has 0 unspecified atom stereocenters. The SMILES string of the molecule is CC(C)N1CCN(C(=O)c2ccc(C(C)(C)C)cc2)CC1=O. The molecule has 0 atom stereocenters. The molecule has 4 nitrogen and oxygen atoms in total. The molecule has 0 spiro atoms. The largest absolute Gasteiger partial charge is 0.337 e. The fraction of sp³-hybridized carbons (Fsp3) is 0.556. The van der Waals surface area contributed by atoms with Crippen molar-refractivity contribution in [3.8, 4) is 0 Å². The molecule has 1 heterocycles. The second-order valence-electron chi connectivity index (χ2n) is 7.23. The smallest absolute Gasteiger partial charge is 0.254 e. The molecule has 4 heteroatoms. The van der Waals surface area contributed by atoms with Crippen LogP contribution in [0.4, 0.5) is 0 Å². The Kier molecular flexibility index (Phi) is 4.59. The highest BCUT2D eigenvalue weighted by Gasteiger charge is 2.29. The number of carbonyl (C=O) groups excluding carboxylic acids is 2. The van der Waals surface area contributed by atoms with E-state index >= 15 is 0 Å². The van der Waals surface area contributed by atoms with Crippen LogP contribution >= 0.6 is 0 Å². The maximum Gasteiger partial charge on any atom is 0.254 e. The third-order valence-electron chi connectivity index (χ3n) is 4.17. The Morgan fingerprint density at radius 2 is 1.68 bits per heavy atom. The van der Waals surface area contributed by atoms with Crippen molar-refractivity contribution >= 4 is 11.8 Å². The summed E-state index contributed by atoms with van der Waals surface area (Å²) in [5.74, 6) is -0.0295. The zero-order chi connectivity index (χ0) is 16.5. The van der Waals surface area contributed by atoms with Gasteiger partial charge in [0, 0.05) is 24.7 Å². The number of amides is 2. The summed E-state index contributed by atoms with van der Waals surface area (Å²) in [5.41, 5.74) is 1.92. The predicted molar refractivity (Wildman–Crippen MR) is 87.9 cm³/mol. The van der Waals surface area contributed by atoms with E-state index in [-0.39, 0.29) is 29.8 Å². The molecule has 0 N–H and O–H groups in total. The molecule has 1 saturated heterocycles. The Morgan fingerprint density at radius 1 is 1.09 bits per heavy atom. The average Bonchev–Trinajstić information content (AvgIpc) is 2.45. The molecule has 120 valence electrons. The molecular formula is C18H26N2O2. The van der Waals surface area contributed by atoms with Gasteiger partial charge in [-0.3, -0.25) is 9.59 Å². The molecule has 0 aromatic heterocycles. The first-order valence-corrected chi connectivity index (χ1v) is 7.89. The molecule has 0 radical (unpaired) electrons. The van der Waals surface area contributed by atoms with Crippen molar-refractivity contribution in [2.75, 3.05) is 19.6 Å². The Bertz CT molecular complexity index is 555. The number of hydrogen-bond acceptors (Lipinski definition) is 2. The monoisotopic (exact) mass is 302 g/mol. The summed E-state index contributed by atoms with van der Waals surface area (Å²) in [6.45, 7) is 11.8. The average molecular weight is 302 g/mol. The van der Waals surface area contributed by atoms with Gasteiger partial charge in [-0.15, -0.1) is 0 Å². The molecule has 1 aromatic carbocycles. The second-order valence-corrected chi connectivity index (χ2v) is 7.23. The van der Waals surface area contributed by atoms with Crippen LogP contribution in [0.5, 0.6) is 0 Å². The van der Waals surface area contributed by atoms with Gasteiger partial charge in [0.15, 0.2) is 0 Å². The van der Waals surface area contributed by atoms with Gasteiger partial charge in [-0.25, -0.2) is 0 Å². The van der Waals surface area contributed by atoms with Gasteiger partial charge in [-0.05, 0) is 37.0 Å². The first kappa shape index (κ1) is 16.5. The van der Waals surface area contributed by atoms with E-state index in [2.05, 4.69) is 20.8 Å². The van der Waals surface area contributed by atoms with E-state index in [4.69, 9.17) is 0 Å². The molecular weight excluding hydrogens is 276 g/mol. The van der Waals surface area contributed by atoms with Gasteiger partial charge < -0.3 is 9.80 Å². The molecule has 0 aliphatic carbocycles. The maximum absolute atomic E-state index is 12.5. The lowest BCUT2D eigenvalue weighted by Crippen LogP contribution is -2.54. The van der Waals surface area contributed by atoms with Crippen LogP contribution < -0.4 is 0 Å². The second kappa shape index (κ2) is 6.11. The van der Waals surface area contributed by atoms with Crippen molar-refractivity contribution in [2.45, 2.75) is 46.1 Å². The topological polar surface area (TPSA) is 40.6 Å². The van der Waals surface area contributed by atoms with E-state index in [0.717, 1.165) is 0 Å².